The summed E-state index contributed by atoms with van der Waals surface area (Å²) >= 11 is 0. The molecular formula is C51H49N. The van der Waals surface area contributed by atoms with Gasteiger partial charge in [-0.15, -0.1) is 0 Å². The van der Waals surface area contributed by atoms with Gasteiger partial charge in [0, 0.05) is 22.5 Å². The van der Waals surface area contributed by atoms with Crippen LogP contribution in [-0.4, -0.2) is 0 Å². The monoisotopic (exact) mass is 675 g/mol. The number of anilines is 3. The zero-order valence-corrected chi connectivity index (χ0v) is 31.8. The van der Waals surface area contributed by atoms with Gasteiger partial charge in [0.05, 0.1) is 0 Å². The Labute approximate surface area is 310 Å². The van der Waals surface area contributed by atoms with Gasteiger partial charge in [0.15, 0.2) is 0 Å². The quantitative estimate of drug-likeness (QED) is 0.145. The molecule has 2 aliphatic carbocycles. The Morgan fingerprint density at radius 3 is 2.00 bits per heavy atom. The van der Waals surface area contributed by atoms with Gasteiger partial charge in [-0.25, -0.2) is 0 Å². The molecule has 1 heteroatoms. The van der Waals surface area contributed by atoms with E-state index in [1.54, 1.807) is 0 Å². The van der Waals surface area contributed by atoms with Gasteiger partial charge in [-0.05, 0) is 173 Å². The maximum atomic E-state index is 4.17. The van der Waals surface area contributed by atoms with Gasteiger partial charge < -0.3 is 4.90 Å². The molecule has 6 aromatic rings. The van der Waals surface area contributed by atoms with Crippen molar-refractivity contribution in [3.05, 3.63) is 179 Å². The van der Waals surface area contributed by atoms with Gasteiger partial charge in [0.25, 0.3) is 0 Å². The van der Waals surface area contributed by atoms with Gasteiger partial charge >= 0.3 is 0 Å². The van der Waals surface area contributed by atoms with Crippen LogP contribution < -0.4 is 4.90 Å². The lowest BCUT2D eigenvalue weighted by Crippen LogP contribution is -2.17. The fraction of sp³-hybridized carbons (Fsp3) is 0.216. The molecule has 0 heterocycles. The highest BCUT2D eigenvalue weighted by molar-refractivity contribution is 6.04. The topological polar surface area (TPSA) is 3.24 Å². The molecule has 0 bridgehead atoms. The van der Waals surface area contributed by atoms with Crippen molar-refractivity contribution in [3.8, 4) is 22.3 Å². The first-order valence-corrected chi connectivity index (χ1v) is 18.9. The minimum absolute atomic E-state index is 0.143. The number of hydrogen-bond donors (Lipinski definition) is 0. The minimum atomic E-state index is -0.143. The van der Waals surface area contributed by atoms with Crippen molar-refractivity contribution >= 4 is 33.4 Å². The average molecular weight is 676 g/mol. The van der Waals surface area contributed by atoms with E-state index in [-0.39, 0.29) is 5.41 Å². The Morgan fingerprint density at radius 2 is 1.31 bits per heavy atom. The molecule has 0 N–H and O–H groups in total. The van der Waals surface area contributed by atoms with Gasteiger partial charge in [-0.2, -0.15) is 0 Å². The molecule has 1 fully saturated rings. The van der Waals surface area contributed by atoms with E-state index >= 15 is 0 Å². The molecule has 0 unspecified atom stereocenters. The van der Waals surface area contributed by atoms with Gasteiger partial charge in [-0.3, -0.25) is 0 Å². The lowest BCUT2D eigenvalue weighted by Gasteiger charge is -2.29. The molecule has 0 aromatic heterocycles. The molecule has 258 valence electrons. The fourth-order valence-corrected chi connectivity index (χ4v) is 8.68. The number of rotatable bonds is 8. The number of hydrogen-bond acceptors (Lipinski definition) is 1. The van der Waals surface area contributed by atoms with Gasteiger partial charge in [-0.1, -0.05) is 111 Å². The second-order valence-electron chi connectivity index (χ2n) is 15.5. The van der Waals surface area contributed by atoms with Gasteiger partial charge in [0.1, 0.15) is 0 Å². The second-order valence-corrected chi connectivity index (χ2v) is 15.5. The molecule has 0 spiro atoms. The number of fused-ring (bicyclic) bond motifs is 5. The predicted molar refractivity (Wildman–Crippen MR) is 225 cm³/mol. The van der Waals surface area contributed by atoms with Crippen molar-refractivity contribution in [1.29, 1.82) is 0 Å². The first-order valence-electron chi connectivity index (χ1n) is 18.9. The lowest BCUT2D eigenvalue weighted by molar-refractivity contribution is 0.660. The molecule has 0 amide bonds. The summed E-state index contributed by atoms with van der Waals surface area (Å²) in [6, 6.07) is 41.4. The molecule has 0 aliphatic heterocycles. The molecule has 52 heavy (non-hydrogen) atoms. The molecule has 6 aromatic carbocycles. The third-order valence-electron chi connectivity index (χ3n) is 11.7. The third-order valence-corrected chi connectivity index (χ3v) is 11.7. The first kappa shape index (κ1) is 33.7. The first-order chi connectivity index (χ1) is 25.1. The predicted octanol–water partition coefficient (Wildman–Crippen LogP) is 14.6. The lowest BCUT2D eigenvalue weighted by atomic mass is 9.81. The number of allylic oxidation sites excluding steroid dienone is 5. The van der Waals surface area contributed by atoms with E-state index in [4.69, 9.17) is 0 Å². The van der Waals surface area contributed by atoms with Crippen LogP contribution in [0.4, 0.5) is 17.1 Å². The van der Waals surface area contributed by atoms with E-state index in [0.717, 1.165) is 11.4 Å². The van der Waals surface area contributed by atoms with Crippen LogP contribution >= 0.6 is 0 Å². The SMILES string of the molecule is C=C/C(C)=C(\C=C/C)c1cc(N(c2ccc(-c3ccccc3C)c(C)c2)c2ccc3c(c2)C(C)(C)c2cc(C)c4ccccc4c2-3)ccc1C1CC1. The second kappa shape index (κ2) is 13.0. The minimum Gasteiger partial charge on any atom is -0.310 e. The molecule has 1 nitrogen and oxygen atoms in total. The Morgan fingerprint density at radius 1 is 0.673 bits per heavy atom. The summed E-state index contributed by atoms with van der Waals surface area (Å²) in [7, 11) is 0. The van der Waals surface area contributed by atoms with Crippen LogP contribution in [0.5, 0.6) is 0 Å². The van der Waals surface area contributed by atoms with Crippen LogP contribution in [0.15, 0.2) is 140 Å². The molecule has 0 radical (unpaired) electrons. The van der Waals surface area contributed by atoms with Crippen LogP contribution in [0.2, 0.25) is 0 Å². The molecule has 2 aliphatic rings. The number of benzene rings is 6. The Bertz CT molecular complexity index is 2460. The summed E-state index contributed by atoms with van der Waals surface area (Å²) in [5.74, 6) is 0.614. The van der Waals surface area contributed by atoms with Crippen LogP contribution in [0.25, 0.3) is 38.6 Å². The van der Waals surface area contributed by atoms with Crippen molar-refractivity contribution in [2.24, 2.45) is 0 Å². The van der Waals surface area contributed by atoms with E-state index in [2.05, 4.69) is 181 Å². The zero-order chi connectivity index (χ0) is 36.3. The Kier molecular flexibility index (Phi) is 8.42. The summed E-state index contributed by atoms with van der Waals surface area (Å²) in [5.41, 5.74) is 20.5. The standard InChI is InChI=1S/C51H49N/c1-9-15-40(32(3)10-2)47-30-38(23-26-44(47)36-20-21-36)52(37-22-25-43(34(5)28-37)41-17-12-11-16-33(41)4)39-24-27-46-48(31-39)51(7,8)49-29-35(6)42-18-13-14-19-45(42)50(46)49/h9-19,22-31,36H,2,20-21H2,1,3-8H3/b15-9-,40-32+. The highest BCUT2D eigenvalue weighted by atomic mass is 15.1. The van der Waals surface area contributed by atoms with Crippen LogP contribution in [0, 0.1) is 20.8 Å². The molecule has 8 rings (SSSR count). The number of aryl methyl sites for hydroxylation is 3. The van der Waals surface area contributed by atoms with E-state index < -0.39 is 0 Å². The van der Waals surface area contributed by atoms with Crippen molar-refractivity contribution in [2.75, 3.05) is 4.90 Å². The van der Waals surface area contributed by atoms with Crippen molar-refractivity contribution < 1.29 is 0 Å². The Balaban J connectivity index is 1.35. The summed E-state index contributed by atoms with van der Waals surface area (Å²) in [6.45, 7) is 20.0. The summed E-state index contributed by atoms with van der Waals surface area (Å²) in [4.78, 5) is 2.48. The summed E-state index contributed by atoms with van der Waals surface area (Å²) in [5, 5.41) is 2.68. The van der Waals surface area contributed by atoms with Crippen LogP contribution in [0.3, 0.4) is 0 Å². The number of nitrogens with zero attached hydrogens (tertiary/aromatic N) is 1. The normalized spacial score (nSPS) is 15.1. The average Bonchev–Trinajstić information content (AvgIpc) is 3.97. The molecule has 0 atom stereocenters. The van der Waals surface area contributed by atoms with E-state index in [1.807, 2.05) is 6.08 Å². The zero-order valence-electron chi connectivity index (χ0n) is 31.8. The van der Waals surface area contributed by atoms with Gasteiger partial charge in [0.2, 0.25) is 0 Å². The molecule has 1 saturated carbocycles. The highest BCUT2D eigenvalue weighted by Gasteiger charge is 2.37. The van der Waals surface area contributed by atoms with Crippen LogP contribution in [-0.2, 0) is 5.41 Å². The summed E-state index contributed by atoms with van der Waals surface area (Å²) in [6.07, 6.45) is 8.91. The highest BCUT2D eigenvalue weighted by Crippen LogP contribution is 2.54. The van der Waals surface area contributed by atoms with Crippen molar-refractivity contribution in [3.63, 3.8) is 0 Å². The smallest absolute Gasteiger partial charge is 0.0467 e. The molecular weight excluding hydrogens is 627 g/mol. The fourth-order valence-electron chi connectivity index (χ4n) is 8.68. The maximum absolute atomic E-state index is 4.17. The summed E-state index contributed by atoms with van der Waals surface area (Å²) < 4.78 is 0. The van der Waals surface area contributed by atoms with Crippen molar-refractivity contribution in [1.82, 2.24) is 0 Å². The van der Waals surface area contributed by atoms with E-state index in [9.17, 15) is 0 Å². The molecule has 0 saturated heterocycles. The van der Waals surface area contributed by atoms with Crippen molar-refractivity contribution in [2.45, 2.75) is 72.6 Å². The van der Waals surface area contributed by atoms with E-state index in [1.165, 1.54) is 102 Å². The van der Waals surface area contributed by atoms with E-state index in [0.29, 0.717) is 5.92 Å². The Hall–Kier alpha value is -5.40. The van der Waals surface area contributed by atoms with Crippen LogP contribution in [0.1, 0.15) is 85.4 Å². The maximum Gasteiger partial charge on any atom is 0.0467 e. The third kappa shape index (κ3) is 5.55. The largest absolute Gasteiger partial charge is 0.310 e.